The number of likely N-dealkylation sites (N-methyl/N-ethyl adjacent to an activating group) is 1. The van der Waals surface area contributed by atoms with Gasteiger partial charge in [0.05, 0.1) is 12.8 Å². The summed E-state index contributed by atoms with van der Waals surface area (Å²) in [5.74, 6) is 0.570. The van der Waals surface area contributed by atoms with Crippen LogP contribution in [0.3, 0.4) is 0 Å². The van der Waals surface area contributed by atoms with E-state index >= 15 is 0 Å². The lowest BCUT2D eigenvalue weighted by atomic mass is 10.2. The van der Waals surface area contributed by atoms with Crippen LogP contribution < -0.4 is 15.8 Å². The number of ether oxygens (including phenoxy) is 1. The number of anilines is 2. The number of methoxy groups -OCH3 is 1. The van der Waals surface area contributed by atoms with E-state index < -0.39 is 0 Å². The summed E-state index contributed by atoms with van der Waals surface area (Å²) in [6.45, 7) is 4.54. The molecule has 0 aliphatic carbocycles. The molecular weight excluding hydrogens is 256 g/mol. The average Bonchev–Trinajstić information content (AvgIpc) is 2.40. The maximum atomic E-state index is 12.3. The van der Waals surface area contributed by atoms with Gasteiger partial charge in [0.2, 0.25) is 0 Å². The minimum absolute atomic E-state index is 0.103. The van der Waals surface area contributed by atoms with Crippen LogP contribution in [-0.2, 0) is 0 Å². The van der Waals surface area contributed by atoms with Gasteiger partial charge in [0.1, 0.15) is 5.75 Å². The van der Waals surface area contributed by atoms with Gasteiger partial charge in [-0.25, -0.2) is 4.79 Å². The Bertz CT molecular complexity index is 492. The molecule has 0 aromatic heterocycles. The average molecular weight is 278 g/mol. The first kappa shape index (κ1) is 14.5. The fourth-order valence-electron chi connectivity index (χ4n) is 2.44. The molecule has 0 bridgehead atoms. The van der Waals surface area contributed by atoms with E-state index in [1.54, 1.807) is 25.3 Å². The highest BCUT2D eigenvalue weighted by Gasteiger charge is 2.26. The van der Waals surface area contributed by atoms with Crippen molar-refractivity contribution in [2.24, 2.45) is 0 Å². The Kier molecular flexibility index (Phi) is 4.34. The number of nitrogen functional groups attached to an aromatic ring is 1. The number of carbonyl (C=O) groups excluding carboxylic acids is 1. The molecule has 1 atom stereocenters. The fraction of sp³-hybridized carbons (Fsp3) is 0.500. The highest BCUT2D eigenvalue weighted by Crippen LogP contribution is 2.27. The molecule has 1 aliphatic heterocycles. The number of urea groups is 1. The van der Waals surface area contributed by atoms with E-state index in [2.05, 4.69) is 24.2 Å². The first-order valence-electron chi connectivity index (χ1n) is 6.71. The number of benzene rings is 1. The van der Waals surface area contributed by atoms with Crippen molar-refractivity contribution in [3.8, 4) is 5.75 Å². The molecule has 0 spiro atoms. The predicted molar refractivity (Wildman–Crippen MR) is 80.1 cm³/mol. The second kappa shape index (κ2) is 6.00. The summed E-state index contributed by atoms with van der Waals surface area (Å²) in [5.41, 5.74) is 6.95. The van der Waals surface area contributed by atoms with Crippen LogP contribution in [0.5, 0.6) is 5.75 Å². The molecule has 1 aliphatic rings. The third kappa shape index (κ3) is 3.14. The SMILES string of the molecule is COc1cc(N)ccc1NC(=O)N1CCN(C)CC1C. The number of nitrogens with two attached hydrogens (primary N) is 1. The summed E-state index contributed by atoms with van der Waals surface area (Å²) >= 11 is 0. The Labute approximate surface area is 119 Å². The number of hydrogen-bond donors (Lipinski definition) is 2. The number of piperazine rings is 1. The first-order valence-corrected chi connectivity index (χ1v) is 6.71. The molecule has 1 aromatic rings. The monoisotopic (exact) mass is 278 g/mol. The highest BCUT2D eigenvalue weighted by atomic mass is 16.5. The van der Waals surface area contributed by atoms with E-state index in [-0.39, 0.29) is 12.1 Å². The number of nitrogens with zero attached hydrogens (tertiary/aromatic N) is 2. The van der Waals surface area contributed by atoms with Gasteiger partial charge >= 0.3 is 6.03 Å². The topological polar surface area (TPSA) is 70.8 Å². The molecule has 1 fully saturated rings. The molecule has 6 nitrogen and oxygen atoms in total. The zero-order chi connectivity index (χ0) is 14.7. The summed E-state index contributed by atoms with van der Waals surface area (Å²) in [7, 11) is 3.62. The van der Waals surface area contributed by atoms with Gasteiger partial charge in [-0.2, -0.15) is 0 Å². The van der Waals surface area contributed by atoms with E-state index in [0.29, 0.717) is 17.1 Å². The number of nitrogens with one attached hydrogen (secondary N) is 1. The van der Waals surface area contributed by atoms with Crippen molar-refractivity contribution in [1.29, 1.82) is 0 Å². The Morgan fingerprint density at radius 3 is 2.85 bits per heavy atom. The van der Waals surface area contributed by atoms with Crippen molar-refractivity contribution in [2.45, 2.75) is 13.0 Å². The molecule has 1 saturated heterocycles. The van der Waals surface area contributed by atoms with Crippen molar-refractivity contribution in [2.75, 3.05) is 44.8 Å². The van der Waals surface area contributed by atoms with E-state index in [9.17, 15) is 4.79 Å². The fourth-order valence-corrected chi connectivity index (χ4v) is 2.44. The van der Waals surface area contributed by atoms with Crippen LogP contribution in [0.1, 0.15) is 6.92 Å². The molecule has 0 radical (unpaired) electrons. The van der Waals surface area contributed by atoms with Crippen molar-refractivity contribution >= 4 is 17.4 Å². The minimum atomic E-state index is -0.103. The molecule has 110 valence electrons. The largest absolute Gasteiger partial charge is 0.494 e. The lowest BCUT2D eigenvalue weighted by Crippen LogP contribution is -2.53. The zero-order valence-corrected chi connectivity index (χ0v) is 12.2. The number of rotatable bonds is 2. The van der Waals surface area contributed by atoms with Crippen LogP contribution in [-0.4, -0.2) is 55.7 Å². The number of carbonyl (C=O) groups is 1. The Morgan fingerprint density at radius 1 is 1.45 bits per heavy atom. The minimum Gasteiger partial charge on any atom is -0.494 e. The van der Waals surface area contributed by atoms with Crippen molar-refractivity contribution in [1.82, 2.24) is 9.80 Å². The second-order valence-electron chi connectivity index (χ2n) is 5.19. The van der Waals surface area contributed by atoms with E-state index in [1.807, 2.05) is 4.90 Å². The molecule has 1 unspecified atom stereocenters. The van der Waals surface area contributed by atoms with Crippen molar-refractivity contribution < 1.29 is 9.53 Å². The Balaban J connectivity index is 2.08. The molecule has 3 N–H and O–H groups in total. The second-order valence-corrected chi connectivity index (χ2v) is 5.19. The van der Waals surface area contributed by atoms with E-state index in [4.69, 9.17) is 10.5 Å². The molecule has 2 rings (SSSR count). The standard InChI is InChI=1S/C14H22N4O2/c1-10-9-17(2)6-7-18(10)14(19)16-12-5-4-11(15)8-13(12)20-3/h4-5,8,10H,6-7,9,15H2,1-3H3,(H,16,19). The van der Waals surface area contributed by atoms with Gasteiger partial charge in [-0.05, 0) is 26.1 Å². The van der Waals surface area contributed by atoms with Crippen LogP contribution in [0, 0.1) is 0 Å². The summed E-state index contributed by atoms with van der Waals surface area (Å²) in [4.78, 5) is 16.4. The highest BCUT2D eigenvalue weighted by molar-refractivity contribution is 5.91. The summed E-state index contributed by atoms with van der Waals surface area (Å²) in [5, 5.41) is 2.89. The van der Waals surface area contributed by atoms with Crippen LogP contribution >= 0.6 is 0 Å². The third-order valence-electron chi connectivity index (χ3n) is 3.56. The molecule has 0 saturated carbocycles. The lowest BCUT2D eigenvalue weighted by molar-refractivity contribution is 0.125. The zero-order valence-electron chi connectivity index (χ0n) is 12.2. The van der Waals surface area contributed by atoms with Gasteiger partial charge in [-0.3, -0.25) is 0 Å². The van der Waals surface area contributed by atoms with E-state index in [0.717, 1.165) is 19.6 Å². The molecule has 1 heterocycles. The van der Waals surface area contributed by atoms with Crippen molar-refractivity contribution in [3.63, 3.8) is 0 Å². The van der Waals surface area contributed by atoms with Gasteiger partial charge < -0.3 is 25.6 Å². The Morgan fingerprint density at radius 2 is 2.20 bits per heavy atom. The van der Waals surface area contributed by atoms with Gasteiger partial charge in [-0.15, -0.1) is 0 Å². The van der Waals surface area contributed by atoms with E-state index in [1.165, 1.54) is 0 Å². The van der Waals surface area contributed by atoms with Gasteiger partial charge in [0.15, 0.2) is 0 Å². The maximum Gasteiger partial charge on any atom is 0.322 e. The quantitative estimate of drug-likeness (QED) is 0.803. The molecule has 20 heavy (non-hydrogen) atoms. The summed E-state index contributed by atoms with van der Waals surface area (Å²) in [6, 6.07) is 5.28. The molecule has 6 heteroatoms. The summed E-state index contributed by atoms with van der Waals surface area (Å²) < 4.78 is 5.24. The molecular formula is C14H22N4O2. The van der Waals surface area contributed by atoms with Crippen LogP contribution in [0.2, 0.25) is 0 Å². The molecule has 1 aromatic carbocycles. The van der Waals surface area contributed by atoms with Gasteiger partial charge in [0, 0.05) is 37.4 Å². The lowest BCUT2D eigenvalue weighted by Gasteiger charge is -2.38. The number of amides is 2. The first-order chi connectivity index (χ1) is 9.51. The van der Waals surface area contributed by atoms with Gasteiger partial charge in [0.25, 0.3) is 0 Å². The van der Waals surface area contributed by atoms with Crippen LogP contribution in [0.15, 0.2) is 18.2 Å². The normalized spacial score (nSPS) is 19.8. The third-order valence-corrected chi connectivity index (χ3v) is 3.56. The molecule has 2 amide bonds. The maximum absolute atomic E-state index is 12.3. The van der Waals surface area contributed by atoms with Crippen molar-refractivity contribution in [3.05, 3.63) is 18.2 Å². The van der Waals surface area contributed by atoms with Crippen LogP contribution in [0.4, 0.5) is 16.2 Å². The smallest absolute Gasteiger partial charge is 0.322 e. The number of hydrogen-bond acceptors (Lipinski definition) is 4. The predicted octanol–water partition coefficient (Wildman–Crippen LogP) is 1.45. The van der Waals surface area contributed by atoms with Crippen LogP contribution in [0.25, 0.3) is 0 Å². The Hall–Kier alpha value is -1.95. The summed E-state index contributed by atoms with van der Waals surface area (Å²) in [6.07, 6.45) is 0. The van der Waals surface area contributed by atoms with Gasteiger partial charge in [-0.1, -0.05) is 0 Å².